The number of rotatable bonds is 26. The van der Waals surface area contributed by atoms with Crippen LogP contribution in [0.3, 0.4) is 0 Å². The Bertz CT molecular complexity index is 2340. The molecule has 0 amide bonds. The van der Waals surface area contributed by atoms with Crippen molar-refractivity contribution in [3.05, 3.63) is 0 Å². The van der Waals surface area contributed by atoms with Gasteiger partial charge in [-0.3, -0.25) is 4.89 Å². The van der Waals surface area contributed by atoms with E-state index in [1.54, 1.807) is 9.78 Å². The maximum absolute atomic E-state index is 14.4. The number of sulfonamides is 2. The van der Waals surface area contributed by atoms with Crippen LogP contribution in [0.15, 0.2) is 0 Å². The highest BCUT2D eigenvalue weighted by atomic mass is 32.2. The monoisotopic (exact) mass is 1350 g/mol. The number of alkyl halides is 42. The molecule has 0 aromatic rings. The first-order valence-corrected chi connectivity index (χ1v) is 20.6. The third-order valence-electron chi connectivity index (χ3n) is 8.72. The van der Waals surface area contributed by atoms with E-state index in [0.717, 1.165) is 0 Å². The van der Waals surface area contributed by atoms with Crippen LogP contribution < -0.4 is 0 Å². The maximum atomic E-state index is 14.4. The molecule has 0 aliphatic carbocycles. The molecule has 0 atom stereocenters. The van der Waals surface area contributed by atoms with E-state index in [9.17, 15) is 206 Å². The van der Waals surface area contributed by atoms with Gasteiger partial charge in [0.2, 0.25) is 0 Å². The minimum absolute atomic E-state index is 1.71. The summed E-state index contributed by atoms with van der Waals surface area (Å²) in [4.78, 5) is 12.3. The zero-order valence-electron chi connectivity index (χ0n) is 34.2. The second kappa shape index (κ2) is 19.5. The van der Waals surface area contributed by atoms with Crippen molar-refractivity contribution in [1.82, 2.24) is 8.61 Å². The van der Waals surface area contributed by atoms with Gasteiger partial charge in [-0.05, 0) is 0 Å². The van der Waals surface area contributed by atoms with Crippen molar-refractivity contribution in [2.45, 2.75) is 118 Å². The summed E-state index contributed by atoms with van der Waals surface area (Å²) in [6.45, 7) is 0. The van der Waals surface area contributed by atoms with Crippen LogP contribution in [0.2, 0.25) is 0 Å². The predicted molar refractivity (Wildman–Crippen MR) is 149 cm³/mol. The van der Waals surface area contributed by atoms with E-state index < -0.39 is 169 Å². The van der Waals surface area contributed by atoms with Gasteiger partial charge in [0.25, 0.3) is 20.0 Å². The average molecular weight is 1350 g/mol. The molecule has 0 heterocycles. The normalized spacial score (nSPS) is 17.1. The molecule has 0 aliphatic rings. The van der Waals surface area contributed by atoms with Gasteiger partial charge in [0.1, 0.15) is 0 Å². The predicted octanol–water partition coefficient (Wildman–Crippen LogP) is 11.8. The van der Waals surface area contributed by atoms with E-state index in [1.807, 2.05) is 9.35 Å². The number of likely N-dealkylation sites (N-methyl/N-ethyl adjacent to an activating group) is 2. The molecule has 476 valence electrons. The molecule has 1 N–H and O–H groups in total. The summed E-state index contributed by atoms with van der Waals surface area (Å²) in [6.07, 6.45) is -32.8. The second-order valence-electron chi connectivity index (χ2n) is 13.8. The first-order chi connectivity index (χ1) is 33.2. The molecule has 0 aromatic heterocycles. The minimum Gasteiger partial charge on any atom is -0.299 e. The Hall–Kier alpha value is -3.09. The van der Waals surface area contributed by atoms with E-state index in [2.05, 4.69) is 0 Å². The first kappa shape index (κ1) is 75.9. The Morgan fingerprint density at radius 3 is 0.620 bits per heavy atom. The van der Waals surface area contributed by atoms with Crippen molar-refractivity contribution in [3.8, 4) is 0 Å². The van der Waals surface area contributed by atoms with Crippen molar-refractivity contribution in [2.75, 3.05) is 14.1 Å². The molecule has 0 spiro atoms. The maximum Gasteiger partial charge on any atom is 0.527 e. The quantitative estimate of drug-likeness (QED) is 0.0292. The molecule has 0 rings (SSSR count). The van der Waals surface area contributed by atoms with E-state index in [4.69, 9.17) is 4.89 Å². The van der Waals surface area contributed by atoms with E-state index in [0.29, 0.717) is 0 Å². The van der Waals surface area contributed by atoms with Gasteiger partial charge < -0.3 is 0 Å². The molecule has 0 bridgehead atoms. The van der Waals surface area contributed by atoms with Crippen LogP contribution in [0.25, 0.3) is 0 Å². The molecule has 0 unspecified atom stereocenters. The lowest BCUT2D eigenvalue weighted by Crippen LogP contribution is -2.75. The summed E-state index contributed by atoms with van der Waals surface area (Å²) < 4.78 is 627. The molecular weight excluding hydrogens is 1350 g/mol. The highest BCUT2D eigenvalue weighted by molar-refractivity contribution is 7.90. The number of halogens is 42. The number of hydrogen-bond donors (Lipinski definition) is 1. The highest BCUT2D eigenvalue weighted by Gasteiger charge is 2.99. The van der Waals surface area contributed by atoms with Crippen LogP contribution in [0.4, 0.5) is 184 Å². The lowest BCUT2D eigenvalue weighted by atomic mass is 9.91. The van der Waals surface area contributed by atoms with E-state index >= 15 is 0 Å². The van der Waals surface area contributed by atoms with Gasteiger partial charge in [-0.2, -0.15) is 184 Å². The van der Waals surface area contributed by atoms with Crippen LogP contribution in [-0.2, 0) is 43.7 Å². The van der Waals surface area contributed by atoms with E-state index in [-0.39, 0.29) is 0 Å². The zero-order chi connectivity index (χ0) is 65.5. The van der Waals surface area contributed by atoms with Gasteiger partial charge >= 0.3 is 126 Å². The van der Waals surface area contributed by atoms with Gasteiger partial charge in [0.05, 0.1) is 0 Å². The van der Waals surface area contributed by atoms with Crippen LogP contribution in [0.1, 0.15) is 0 Å². The standard InChI is InChI=1S/C22H7F42N2O10PS2/c1-65(78(69,70)21(61,62)13(43,44)9(35,36)5(27,28)3(23,24)7(31,32)11(39,40)15(47,48)49)17(53,54)19(57,58)73-75-77(67,68)76-74-20(59,60)18(55,56)66(2)79(71,72)22(63,64)14(45,46)10(37,38)6(29,30)4(25,26)8(33,34)12(41,42)16(50,51)52/h1-2H3,(H,67,68). The van der Waals surface area contributed by atoms with Crippen molar-refractivity contribution < 1.29 is 230 Å². The summed E-state index contributed by atoms with van der Waals surface area (Å²) in [5, 5.41) is -18.4. The molecule has 0 aromatic carbocycles. The Balaban J connectivity index is 7.07. The molecule has 12 nitrogen and oxygen atoms in total. The summed E-state index contributed by atoms with van der Waals surface area (Å²) in [5.41, 5.74) is 0. The van der Waals surface area contributed by atoms with Crippen molar-refractivity contribution in [3.63, 3.8) is 0 Å². The number of nitrogens with zero attached hydrogens (tertiary/aromatic N) is 2. The minimum atomic E-state index is -9.72. The Kier molecular flexibility index (Phi) is 18.7. The number of hydrogen-bond acceptors (Lipinski definition) is 9. The molecule has 0 radical (unpaired) electrons. The van der Waals surface area contributed by atoms with Gasteiger partial charge in [-0.25, -0.2) is 21.4 Å². The molecule has 0 saturated carbocycles. The highest BCUT2D eigenvalue weighted by Crippen LogP contribution is 2.67. The van der Waals surface area contributed by atoms with Gasteiger partial charge in [-0.15, -0.1) is 27.7 Å². The van der Waals surface area contributed by atoms with Gasteiger partial charge in [0.15, 0.2) is 0 Å². The topological polar surface area (TPSA) is 149 Å². The second-order valence-corrected chi connectivity index (χ2v) is 19.0. The molecule has 0 fully saturated rings. The summed E-state index contributed by atoms with van der Waals surface area (Å²) >= 11 is 0. The van der Waals surface area contributed by atoms with E-state index in [1.165, 1.54) is 0 Å². The van der Waals surface area contributed by atoms with Crippen molar-refractivity contribution in [2.24, 2.45) is 0 Å². The Morgan fingerprint density at radius 1 is 0.304 bits per heavy atom. The van der Waals surface area contributed by atoms with Crippen LogP contribution in [0, 0.1) is 0 Å². The first-order valence-electron chi connectivity index (χ1n) is 16.2. The third-order valence-corrected chi connectivity index (χ3v) is 13.0. The Labute approximate surface area is 399 Å². The van der Waals surface area contributed by atoms with Crippen LogP contribution >= 0.6 is 7.82 Å². The third kappa shape index (κ3) is 10.3. The largest absolute Gasteiger partial charge is 0.527 e. The van der Waals surface area contributed by atoms with Gasteiger partial charge in [-0.1, -0.05) is 0 Å². The Morgan fingerprint density at radius 2 is 0.456 bits per heavy atom. The van der Waals surface area contributed by atoms with Crippen LogP contribution in [-0.4, -0.2) is 163 Å². The lowest BCUT2D eigenvalue weighted by molar-refractivity contribution is -0.492. The summed E-state index contributed by atoms with van der Waals surface area (Å²) in [5.74, 6) is -113. The fourth-order valence-electron chi connectivity index (χ4n) is 3.94. The molecule has 0 saturated heterocycles. The summed E-state index contributed by atoms with van der Waals surface area (Å²) in [6, 6.07) is -16.3. The molecule has 0 aliphatic heterocycles. The molecule has 79 heavy (non-hydrogen) atoms. The fourth-order valence-corrected chi connectivity index (χ4v) is 6.74. The lowest BCUT2D eigenvalue weighted by Gasteiger charge is -2.43. The van der Waals surface area contributed by atoms with Gasteiger partial charge in [0, 0.05) is 14.1 Å². The molecule has 57 heteroatoms. The van der Waals surface area contributed by atoms with Crippen molar-refractivity contribution >= 4 is 27.9 Å². The average Bonchev–Trinajstić information content (AvgIpc) is 3.22. The smallest absolute Gasteiger partial charge is 0.299 e. The zero-order valence-corrected chi connectivity index (χ0v) is 36.7. The molecular formula is C22H7F42N2O10PS2. The van der Waals surface area contributed by atoms with Crippen molar-refractivity contribution in [1.29, 1.82) is 0 Å². The SMILES string of the molecule is CN(C(F)(F)C(F)(F)OOP(=O)(O)OOC(F)(F)C(F)(F)N(C)S(=O)(=O)C(F)(F)C(F)(F)C(F)(F)C(F)(F)C(F)(F)C(F)(F)C(F)(F)C(F)(F)F)S(=O)(=O)C(F)(F)C(F)(F)C(F)(F)C(F)(F)C(F)(F)C(F)(F)C(F)(F)C(F)(F)F. The van der Waals surface area contributed by atoms with Crippen LogP contribution in [0.5, 0.6) is 0 Å². The fraction of sp³-hybridized carbons (Fsp3) is 1.00. The summed E-state index contributed by atoms with van der Waals surface area (Å²) in [7, 11) is -31.4. The number of phosphoric acid groups is 1.